The van der Waals surface area contributed by atoms with Crippen molar-refractivity contribution in [3.63, 3.8) is 0 Å². The highest BCUT2D eigenvalue weighted by molar-refractivity contribution is 6.30. The van der Waals surface area contributed by atoms with Gasteiger partial charge >= 0.3 is 0 Å². The smallest absolute Gasteiger partial charge is 0.151 e. The van der Waals surface area contributed by atoms with E-state index in [9.17, 15) is 0 Å². The van der Waals surface area contributed by atoms with Gasteiger partial charge in [-0.1, -0.05) is 41.9 Å². The number of nitrogens with zero attached hydrogens (tertiary/aromatic N) is 3. The molecule has 0 amide bonds. The average molecular weight is 436 g/mol. The first-order valence-electron chi connectivity index (χ1n) is 10.7. The molecule has 0 aliphatic carbocycles. The van der Waals surface area contributed by atoms with Gasteiger partial charge in [0.15, 0.2) is 5.82 Å². The van der Waals surface area contributed by atoms with Gasteiger partial charge in [-0.15, -0.1) is 0 Å². The fourth-order valence-electron chi connectivity index (χ4n) is 4.13. The lowest BCUT2D eigenvalue weighted by Crippen LogP contribution is -2.39. The molecular formula is C24H26ClN5O. The van der Waals surface area contributed by atoms with Gasteiger partial charge in [-0.3, -0.25) is 4.90 Å². The van der Waals surface area contributed by atoms with Crippen LogP contribution in [0.5, 0.6) is 0 Å². The summed E-state index contributed by atoms with van der Waals surface area (Å²) < 4.78 is 5.41. The molecule has 0 bridgehead atoms. The number of ether oxygens (including phenoxy) is 1. The van der Waals surface area contributed by atoms with Crippen LogP contribution in [0.4, 0.5) is 22.9 Å². The molecule has 160 valence electrons. The summed E-state index contributed by atoms with van der Waals surface area (Å²) in [6.45, 7) is 5.65. The Morgan fingerprint density at radius 1 is 1.06 bits per heavy atom. The Morgan fingerprint density at radius 2 is 1.84 bits per heavy atom. The van der Waals surface area contributed by atoms with Crippen LogP contribution in [0.3, 0.4) is 0 Å². The lowest BCUT2D eigenvalue weighted by Gasteiger charge is -2.27. The molecule has 1 fully saturated rings. The summed E-state index contributed by atoms with van der Waals surface area (Å²) in [6.07, 6.45) is 1.63. The van der Waals surface area contributed by atoms with Crippen molar-refractivity contribution in [2.24, 2.45) is 0 Å². The predicted octanol–water partition coefficient (Wildman–Crippen LogP) is 4.74. The summed E-state index contributed by atoms with van der Waals surface area (Å²) in [5, 5.41) is 7.71. The minimum atomic E-state index is -0.0502. The van der Waals surface area contributed by atoms with Crippen molar-refractivity contribution in [1.29, 1.82) is 0 Å². The molecule has 2 aromatic carbocycles. The van der Waals surface area contributed by atoms with Gasteiger partial charge in [0.2, 0.25) is 0 Å². The SMILES string of the molecule is Clc1cnc2c(c1)N(c1ccccc1)C(c1ccc(NCCN3CCOCC3)cc1)N2. The number of anilines is 4. The Morgan fingerprint density at radius 3 is 2.61 bits per heavy atom. The highest BCUT2D eigenvalue weighted by atomic mass is 35.5. The van der Waals surface area contributed by atoms with E-state index in [1.807, 2.05) is 24.3 Å². The average Bonchev–Trinajstić information content (AvgIpc) is 3.19. The molecule has 1 saturated heterocycles. The molecular weight excluding hydrogens is 410 g/mol. The van der Waals surface area contributed by atoms with Crippen molar-refractivity contribution in [3.05, 3.63) is 77.4 Å². The molecule has 0 spiro atoms. The summed E-state index contributed by atoms with van der Waals surface area (Å²) in [7, 11) is 0. The topological polar surface area (TPSA) is 52.7 Å². The van der Waals surface area contributed by atoms with Gasteiger partial charge < -0.3 is 20.3 Å². The molecule has 7 heteroatoms. The van der Waals surface area contributed by atoms with E-state index in [1.165, 1.54) is 0 Å². The molecule has 2 aliphatic heterocycles. The summed E-state index contributed by atoms with van der Waals surface area (Å²) in [4.78, 5) is 9.18. The van der Waals surface area contributed by atoms with Gasteiger partial charge in [-0.05, 0) is 35.9 Å². The highest BCUT2D eigenvalue weighted by Gasteiger charge is 2.32. The second-order valence-corrected chi connectivity index (χ2v) is 8.21. The van der Waals surface area contributed by atoms with Gasteiger partial charge in [-0.2, -0.15) is 0 Å². The second kappa shape index (κ2) is 9.14. The van der Waals surface area contributed by atoms with Crippen LogP contribution in [-0.2, 0) is 4.74 Å². The van der Waals surface area contributed by atoms with Crippen molar-refractivity contribution in [2.75, 3.05) is 54.9 Å². The van der Waals surface area contributed by atoms with Crippen LogP contribution < -0.4 is 15.5 Å². The number of nitrogens with one attached hydrogen (secondary N) is 2. The lowest BCUT2D eigenvalue weighted by molar-refractivity contribution is 0.0398. The molecule has 1 unspecified atom stereocenters. The molecule has 6 nitrogen and oxygen atoms in total. The largest absolute Gasteiger partial charge is 0.384 e. The fraction of sp³-hybridized carbons (Fsp3) is 0.292. The van der Waals surface area contributed by atoms with E-state index < -0.39 is 0 Å². The molecule has 2 aliphatic rings. The number of morpholine rings is 1. The number of benzene rings is 2. The van der Waals surface area contributed by atoms with Crippen molar-refractivity contribution in [2.45, 2.75) is 6.17 Å². The zero-order valence-electron chi connectivity index (χ0n) is 17.3. The number of hydrogen-bond donors (Lipinski definition) is 2. The number of hydrogen-bond acceptors (Lipinski definition) is 6. The summed E-state index contributed by atoms with van der Waals surface area (Å²) >= 11 is 6.26. The Bertz CT molecular complexity index is 1010. The van der Waals surface area contributed by atoms with Gasteiger partial charge in [-0.25, -0.2) is 4.98 Å². The van der Waals surface area contributed by atoms with Crippen LogP contribution in [0.2, 0.25) is 5.02 Å². The molecule has 0 radical (unpaired) electrons. The molecule has 1 aromatic heterocycles. The number of aromatic nitrogens is 1. The Labute approximate surface area is 187 Å². The zero-order chi connectivity index (χ0) is 21.0. The molecule has 2 N–H and O–H groups in total. The zero-order valence-corrected chi connectivity index (χ0v) is 18.1. The number of para-hydroxylation sites is 1. The molecule has 31 heavy (non-hydrogen) atoms. The number of rotatable bonds is 6. The first-order valence-corrected chi connectivity index (χ1v) is 11.1. The second-order valence-electron chi connectivity index (χ2n) is 7.78. The monoisotopic (exact) mass is 435 g/mol. The first-order chi connectivity index (χ1) is 15.3. The molecule has 3 heterocycles. The minimum absolute atomic E-state index is 0.0502. The van der Waals surface area contributed by atoms with E-state index in [4.69, 9.17) is 16.3 Å². The van der Waals surface area contributed by atoms with E-state index >= 15 is 0 Å². The van der Waals surface area contributed by atoms with Crippen LogP contribution in [0.1, 0.15) is 11.7 Å². The van der Waals surface area contributed by atoms with Crippen LogP contribution in [-0.4, -0.2) is 49.3 Å². The van der Waals surface area contributed by atoms with E-state index in [2.05, 4.69) is 61.8 Å². The van der Waals surface area contributed by atoms with Gasteiger partial charge in [0.05, 0.1) is 23.9 Å². The summed E-state index contributed by atoms with van der Waals surface area (Å²) in [5.74, 6) is 0.839. The molecule has 0 saturated carbocycles. The van der Waals surface area contributed by atoms with Crippen LogP contribution in [0.15, 0.2) is 66.9 Å². The molecule has 1 atom stereocenters. The summed E-state index contributed by atoms with van der Waals surface area (Å²) in [5.41, 5.74) is 4.36. The number of fused-ring (bicyclic) bond motifs is 1. The van der Waals surface area contributed by atoms with Crippen molar-refractivity contribution in [3.8, 4) is 0 Å². The third kappa shape index (κ3) is 4.46. The fourth-order valence-corrected chi connectivity index (χ4v) is 4.28. The van der Waals surface area contributed by atoms with E-state index in [0.29, 0.717) is 5.02 Å². The Kier molecular flexibility index (Phi) is 5.93. The predicted molar refractivity (Wildman–Crippen MR) is 126 cm³/mol. The van der Waals surface area contributed by atoms with Crippen molar-refractivity contribution >= 4 is 34.5 Å². The van der Waals surface area contributed by atoms with Gasteiger partial charge in [0.1, 0.15) is 6.17 Å². The van der Waals surface area contributed by atoms with Crippen LogP contribution in [0.25, 0.3) is 0 Å². The van der Waals surface area contributed by atoms with Crippen molar-refractivity contribution < 1.29 is 4.74 Å². The molecule has 5 rings (SSSR count). The minimum Gasteiger partial charge on any atom is -0.384 e. The molecule has 3 aromatic rings. The van der Waals surface area contributed by atoms with Crippen LogP contribution in [0, 0.1) is 0 Å². The first kappa shape index (κ1) is 20.1. The van der Waals surface area contributed by atoms with Crippen LogP contribution >= 0.6 is 11.6 Å². The standard InChI is InChI=1S/C24H26ClN5O/c25-19-16-22-23(27-17-19)28-24(30(22)21-4-2-1-3-5-21)18-6-8-20(9-7-18)26-10-11-29-12-14-31-15-13-29/h1-9,16-17,24,26H,10-15H2,(H,27,28). The maximum atomic E-state index is 6.26. The van der Waals surface area contributed by atoms with E-state index in [0.717, 1.165) is 67.8 Å². The number of halogens is 1. The highest BCUT2D eigenvalue weighted by Crippen LogP contribution is 2.45. The van der Waals surface area contributed by atoms with E-state index in [-0.39, 0.29) is 6.17 Å². The lowest BCUT2D eigenvalue weighted by atomic mass is 10.1. The quantitative estimate of drug-likeness (QED) is 0.583. The third-order valence-electron chi connectivity index (χ3n) is 5.75. The maximum Gasteiger partial charge on any atom is 0.151 e. The van der Waals surface area contributed by atoms with Gasteiger partial charge in [0, 0.05) is 43.8 Å². The third-order valence-corrected chi connectivity index (χ3v) is 5.95. The summed E-state index contributed by atoms with van der Waals surface area (Å²) in [6, 6.07) is 20.9. The Hall–Kier alpha value is -2.80. The van der Waals surface area contributed by atoms with E-state index in [1.54, 1.807) is 6.20 Å². The van der Waals surface area contributed by atoms with Crippen molar-refractivity contribution in [1.82, 2.24) is 9.88 Å². The van der Waals surface area contributed by atoms with Gasteiger partial charge in [0.25, 0.3) is 0 Å². The number of pyridine rings is 1. The maximum absolute atomic E-state index is 6.26. The normalized spacial score (nSPS) is 18.5. The Balaban J connectivity index is 1.31.